The third kappa shape index (κ3) is 3.69. The summed E-state index contributed by atoms with van der Waals surface area (Å²) >= 11 is 0. The zero-order valence-corrected chi connectivity index (χ0v) is 12.2. The van der Waals surface area contributed by atoms with E-state index < -0.39 is 5.97 Å². The number of hydrogen-bond acceptors (Lipinski definition) is 1. The second-order valence-corrected chi connectivity index (χ2v) is 4.82. The van der Waals surface area contributed by atoms with Crippen LogP contribution >= 0.6 is 0 Å². The van der Waals surface area contributed by atoms with Crippen molar-refractivity contribution in [2.45, 2.75) is 13.8 Å². The number of hydrogen-bond donors (Lipinski definition) is 1. The molecular weight excluding hydrogens is 260 g/mol. The van der Waals surface area contributed by atoms with E-state index in [1.165, 1.54) is 21.5 Å². The lowest BCUT2D eigenvalue weighted by atomic mass is 10.0. The highest BCUT2D eigenvalue weighted by Crippen LogP contribution is 2.21. The smallest absolute Gasteiger partial charge is 0.330 e. The lowest BCUT2D eigenvalue weighted by molar-refractivity contribution is -0.132. The highest BCUT2D eigenvalue weighted by atomic mass is 16.4. The van der Waals surface area contributed by atoms with Crippen molar-refractivity contribution in [2.75, 3.05) is 0 Å². The second-order valence-electron chi connectivity index (χ2n) is 4.82. The molecule has 0 amide bonds. The van der Waals surface area contributed by atoms with Crippen LogP contribution in [0.2, 0.25) is 0 Å². The predicted octanol–water partition coefficient (Wildman–Crippen LogP) is 5.03. The first-order valence-corrected chi connectivity index (χ1v) is 6.85. The van der Waals surface area contributed by atoms with E-state index in [-0.39, 0.29) is 0 Å². The van der Waals surface area contributed by atoms with Crippen molar-refractivity contribution in [1.82, 2.24) is 0 Å². The fourth-order valence-electron chi connectivity index (χ4n) is 2.01. The van der Waals surface area contributed by atoms with Gasteiger partial charge in [-0.15, -0.1) is 0 Å². The SMILES string of the molecule is CC=C(C)C(=O)O.c1ccc2cc3ccccc3cc2c1. The zero-order valence-electron chi connectivity index (χ0n) is 12.2. The Labute approximate surface area is 124 Å². The van der Waals surface area contributed by atoms with Gasteiger partial charge in [-0.05, 0) is 47.5 Å². The summed E-state index contributed by atoms with van der Waals surface area (Å²) < 4.78 is 0. The maximum atomic E-state index is 9.86. The maximum absolute atomic E-state index is 9.86. The highest BCUT2D eigenvalue weighted by Gasteiger charge is 1.95. The van der Waals surface area contributed by atoms with Gasteiger partial charge in [0, 0.05) is 5.57 Å². The number of carbonyl (C=O) groups is 1. The minimum absolute atomic E-state index is 0.389. The van der Waals surface area contributed by atoms with E-state index in [0.29, 0.717) is 5.57 Å². The van der Waals surface area contributed by atoms with Crippen molar-refractivity contribution in [3.63, 3.8) is 0 Å². The molecule has 2 nitrogen and oxygen atoms in total. The van der Waals surface area contributed by atoms with Gasteiger partial charge in [-0.2, -0.15) is 0 Å². The van der Waals surface area contributed by atoms with Crippen LogP contribution in [-0.4, -0.2) is 11.1 Å². The summed E-state index contributed by atoms with van der Waals surface area (Å²) in [5.41, 5.74) is 0.389. The van der Waals surface area contributed by atoms with E-state index >= 15 is 0 Å². The fourth-order valence-corrected chi connectivity index (χ4v) is 2.01. The molecule has 0 heterocycles. The van der Waals surface area contributed by atoms with Gasteiger partial charge in [0.1, 0.15) is 0 Å². The summed E-state index contributed by atoms with van der Waals surface area (Å²) in [6.45, 7) is 3.26. The standard InChI is InChI=1S/C14H10.C5H8O2/c1-2-6-12-10-14-8-4-3-7-13(14)9-11(12)5-1;1-3-4(2)5(6)7/h1-10H;3H,1-2H3,(H,6,7). The van der Waals surface area contributed by atoms with E-state index in [0.717, 1.165) is 0 Å². The van der Waals surface area contributed by atoms with Gasteiger partial charge < -0.3 is 5.11 Å². The molecule has 2 heteroatoms. The third-order valence-corrected chi connectivity index (χ3v) is 3.38. The summed E-state index contributed by atoms with van der Waals surface area (Å²) in [5.74, 6) is -0.845. The zero-order chi connectivity index (χ0) is 15.2. The number of fused-ring (bicyclic) bond motifs is 2. The van der Waals surface area contributed by atoms with E-state index in [9.17, 15) is 4.79 Å². The van der Waals surface area contributed by atoms with Gasteiger partial charge in [-0.25, -0.2) is 4.79 Å². The van der Waals surface area contributed by atoms with E-state index in [4.69, 9.17) is 5.11 Å². The predicted molar refractivity (Wildman–Crippen MR) is 88.5 cm³/mol. The molecule has 106 valence electrons. The van der Waals surface area contributed by atoms with Gasteiger partial charge in [0.2, 0.25) is 0 Å². The Morgan fingerprint density at radius 1 is 0.857 bits per heavy atom. The molecule has 3 aromatic rings. The molecule has 0 fully saturated rings. The monoisotopic (exact) mass is 278 g/mol. The lowest BCUT2D eigenvalue weighted by Gasteiger charge is -2.00. The van der Waals surface area contributed by atoms with Crippen LogP contribution in [0.1, 0.15) is 13.8 Å². The molecule has 3 rings (SSSR count). The quantitative estimate of drug-likeness (QED) is 0.500. The van der Waals surface area contributed by atoms with Crippen molar-refractivity contribution in [3.8, 4) is 0 Å². The number of carboxylic acids is 1. The van der Waals surface area contributed by atoms with Crippen LogP contribution < -0.4 is 0 Å². The molecular formula is C19H18O2. The molecule has 0 radical (unpaired) electrons. The molecule has 0 aliphatic carbocycles. The van der Waals surface area contributed by atoms with Gasteiger partial charge >= 0.3 is 5.97 Å². The maximum Gasteiger partial charge on any atom is 0.330 e. The number of aliphatic carboxylic acids is 1. The molecule has 0 aliphatic rings. The first kappa shape index (κ1) is 14.8. The number of benzene rings is 3. The molecule has 21 heavy (non-hydrogen) atoms. The van der Waals surface area contributed by atoms with Crippen LogP contribution in [-0.2, 0) is 4.79 Å². The van der Waals surface area contributed by atoms with Gasteiger partial charge in [0.05, 0.1) is 0 Å². The molecule has 0 aliphatic heterocycles. The fraction of sp³-hybridized carbons (Fsp3) is 0.105. The van der Waals surface area contributed by atoms with Crippen LogP contribution in [0, 0.1) is 0 Å². The molecule has 3 aromatic carbocycles. The van der Waals surface area contributed by atoms with Crippen LogP contribution in [0.15, 0.2) is 72.3 Å². The molecule has 1 N–H and O–H groups in total. The van der Waals surface area contributed by atoms with Crippen molar-refractivity contribution >= 4 is 27.5 Å². The molecule has 0 unspecified atom stereocenters. The van der Waals surface area contributed by atoms with Crippen LogP contribution in [0.5, 0.6) is 0 Å². The van der Waals surface area contributed by atoms with Crippen LogP contribution in [0.4, 0.5) is 0 Å². The highest BCUT2D eigenvalue weighted by molar-refractivity contribution is 5.98. The van der Waals surface area contributed by atoms with E-state index in [2.05, 4.69) is 60.7 Å². The Hall–Kier alpha value is -2.61. The largest absolute Gasteiger partial charge is 0.478 e. The average Bonchev–Trinajstić information content (AvgIpc) is 2.52. The normalized spacial score (nSPS) is 11.0. The Morgan fingerprint density at radius 2 is 1.19 bits per heavy atom. The molecule has 0 bridgehead atoms. The topological polar surface area (TPSA) is 37.3 Å². The molecule has 0 aromatic heterocycles. The molecule has 0 saturated heterocycles. The van der Waals surface area contributed by atoms with Crippen LogP contribution in [0.25, 0.3) is 21.5 Å². The third-order valence-electron chi connectivity index (χ3n) is 3.38. The van der Waals surface area contributed by atoms with Gasteiger partial charge in [0.15, 0.2) is 0 Å². The van der Waals surface area contributed by atoms with Gasteiger partial charge in [-0.3, -0.25) is 0 Å². The van der Waals surface area contributed by atoms with Crippen molar-refractivity contribution < 1.29 is 9.90 Å². The minimum atomic E-state index is -0.845. The van der Waals surface area contributed by atoms with E-state index in [1.807, 2.05) is 0 Å². The van der Waals surface area contributed by atoms with Crippen molar-refractivity contribution in [2.24, 2.45) is 0 Å². The number of carboxylic acid groups (broad SMARTS) is 1. The van der Waals surface area contributed by atoms with Gasteiger partial charge in [0.25, 0.3) is 0 Å². The molecule has 0 saturated carbocycles. The minimum Gasteiger partial charge on any atom is -0.478 e. The summed E-state index contributed by atoms with van der Waals surface area (Å²) in [6, 6.07) is 21.4. The van der Waals surface area contributed by atoms with Crippen LogP contribution in [0.3, 0.4) is 0 Å². The van der Waals surface area contributed by atoms with Crippen molar-refractivity contribution in [1.29, 1.82) is 0 Å². The van der Waals surface area contributed by atoms with Crippen molar-refractivity contribution in [3.05, 3.63) is 72.3 Å². The summed E-state index contributed by atoms with van der Waals surface area (Å²) in [5, 5.41) is 13.4. The summed E-state index contributed by atoms with van der Waals surface area (Å²) in [7, 11) is 0. The first-order chi connectivity index (χ1) is 10.1. The summed E-state index contributed by atoms with van der Waals surface area (Å²) in [4.78, 5) is 9.86. The summed E-state index contributed by atoms with van der Waals surface area (Å²) in [6.07, 6.45) is 1.56. The lowest BCUT2D eigenvalue weighted by Crippen LogP contribution is -1.93. The van der Waals surface area contributed by atoms with E-state index in [1.54, 1.807) is 19.9 Å². The number of allylic oxidation sites excluding steroid dienone is 1. The molecule has 0 spiro atoms. The molecule has 0 atom stereocenters. The van der Waals surface area contributed by atoms with Gasteiger partial charge in [-0.1, -0.05) is 54.6 Å². The Morgan fingerprint density at radius 3 is 1.38 bits per heavy atom. The Bertz CT molecular complexity index is 696. The Kier molecular flexibility index (Phi) is 4.72. The number of rotatable bonds is 1. The average molecular weight is 278 g/mol. The Balaban J connectivity index is 0.000000199. The first-order valence-electron chi connectivity index (χ1n) is 6.85. The second kappa shape index (κ2) is 6.71.